The summed E-state index contributed by atoms with van der Waals surface area (Å²) in [6, 6.07) is 9.67. The molecule has 3 unspecified atom stereocenters. The van der Waals surface area contributed by atoms with Gasteiger partial charge < -0.3 is 5.32 Å². The van der Waals surface area contributed by atoms with Gasteiger partial charge in [-0.3, -0.25) is 0 Å². The summed E-state index contributed by atoms with van der Waals surface area (Å²) in [4.78, 5) is 0. The number of hydrogen-bond acceptors (Lipinski definition) is 1. The van der Waals surface area contributed by atoms with Crippen LogP contribution in [0.4, 0.5) is 0 Å². The zero-order valence-electron chi connectivity index (χ0n) is 10.2. The number of aryl methyl sites for hydroxylation is 1. The Hall–Kier alpha value is -0.820. The SMILES string of the molecule is CC(C)NCC1C2CCc3ccccc3C21. The molecule has 2 aliphatic carbocycles. The maximum atomic E-state index is 3.59. The fourth-order valence-corrected chi connectivity index (χ4v) is 3.36. The van der Waals surface area contributed by atoms with E-state index < -0.39 is 0 Å². The van der Waals surface area contributed by atoms with Crippen LogP contribution in [-0.2, 0) is 6.42 Å². The zero-order chi connectivity index (χ0) is 11.1. The summed E-state index contributed by atoms with van der Waals surface area (Å²) >= 11 is 0. The van der Waals surface area contributed by atoms with E-state index in [4.69, 9.17) is 0 Å². The normalized spacial score (nSPS) is 31.1. The van der Waals surface area contributed by atoms with Gasteiger partial charge in [-0.25, -0.2) is 0 Å². The highest BCUT2D eigenvalue weighted by Gasteiger charge is 2.52. The molecule has 0 aliphatic heterocycles. The Morgan fingerprint density at radius 3 is 2.94 bits per heavy atom. The van der Waals surface area contributed by atoms with Gasteiger partial charge in [-0.15, -0.1) is 0 Å². The van der Waals surface area contributed by atoms with Crippen molar-refractivity contribution in [3.05, 3.63) is 35.4 Å². The molecule has 1 aromatic carbocycles. The lowest BCUT2D eigenvalue weighted by Crippen LogP contribution is -2.25. The summed E-state index contributed by atoms with van der Waals surface area (Å²) in [6.07, 6.45) is 2.71. The third kappa shape index (κ3) is 1.67. The van der Waals surface area contributed by atoms with E-state index in [1.165, 1.54) is 19.4 Å². The molecule has 0 aromatic heterocycles. The zero-order valence-corrected chi connectivity index (χ0v) is 10.2. The van der Waals surface area contributed by atoms with E-state index in [2.05, 4.69) is 43.4 Å². The molecule has 1 nitrogen and oxygen atoms in total. The lowest BCUT2D eigenvalue weighted by molar-refractivity contribution is 0.531. The van der Waals surface area contributed by atoms with Crippen molar-refractivity contribution in [2.45, 2.75) is 38.6 Å². The Balaban J connectivity index is 1.72. The van der Waals surface area contributed by atoms with Gasteiger partial charge in [0.05, 0.1) is 0 Å². The van der Waals surface area contributed by atoms with Gasteiger partial charge in [0.1, 0.15) is 0 Å². The maximum absolute atomic E-state index is 3.59. The van der Waals surface area contributed by atoms with Gasteiger partial charge in [0.2, 0.25) is 0 Å². The molecule has 86 valence electrons. The van der Waals surface area contributed by atoms with Gasteiger partial charge in [-0.2, -0.15) is 0 Å². The van der Waals surface area contributed by atoms with Crippen LogP contribution in [0.2, 0.25) is 0 Å². The molecule has 0 bridgehead atoms. The Morgan fingerprint density at radius 1 is 1.31 bits per heavy atom. The summed E-state index contributed by atoms with van der Waals surface area (Å²) in [6.45, 7) is 5.68. The second-order valence-electron chi connectivity index (χ2n) is 5.65. The molecule has 1 aromatic rings. The Morgan fingerprint density at radius 2 is 2.12 bits per heavy atom. The topological polar surface area (TPSA) is 12.0 Å². The number of benzene rings is 1. The minimum absolute atomic E-state index is 0.623. The van der Waals surface area contributed by atoms with Gasteiger partial charge in [0.15, 0.2) is 0 Å². The lowest BCUT2D eigenvalue weighted by Gasteiger charge is -2.13. The van der Waals surface area contributed by atoms with Crippen LogP contribution in [0.5, 0.6) is 0 Å². The molecule has 1 saturated carbocycles. The molecule has 0 heterocycles. The number of fused-ring (bicyclic) bond motifs is 3. The predicted octanol–water partition coefficient (Wildman–Crippen LogP) is 2.96. The van der Waals surface area contributed by atoms with Crippen molar-refractivity contribution in [3.8, 4) is 0 Å². The first-order chi connectivity index (χ1) is 7.77. The molecule has 0 amide bonds. The molecule has 3 rings (SSSR count). The van der Waals surface area contributed by atoms with Crippen LogP contribution in [0.3, 0.4) is 0 Å². The largest absolute Gasteiger partial charge is 0.314 e. The van der Waals surface area contributed by atoms with Crippen LogP contribution in [0.15, 0.2) is 24.3 Å². The molecule has 3 atom stereocenters. The van der Waals surface area contributed by atoms with Gasteiger partial charge in [-0.1, -0.05) is 38.1 Å². The molecule has 16 heavy (non-hydrogen) atoms. The molecule has 1 fully saturated rings. The van der Waals surface area contributed by atoms with Crippen LogP contribution in [0, 0.1) is 11.8 Å². The third-order valence-corrected chi connectivity index (χ3v) is 4.25. The lowest BCUT2D eigenvalue weighted by atomic mass is 9.92. The van der Waals surface area contributed by atoms with Crippen LogP contribution < -0.4 is 5.32 Å². The Kier molecular flexibility index (Phi) is 2.51. The van der Waals surface area contributed by atoms with Gasteiger partial charge in [-0.05, 0) is 48.3 Å². The second-order valence-corrected chi connectivity index (χ2v) is 5.65. The van der Waals surface area contributed by atoms with E-state index in [1.54, 1.807) is 11.1 Å². The van der Waals surface area contributed by atoms with Gasteiger partial charge in [0.25, 0.3) is 0 Å². The first-order valence-electron chi connectivity index (χ1n) is 6.58. The van der Waals surface area contributed by atoms with E-state index in [-0.39, 0.29) is 0 Å². The van der Waals surface area contributed by atoms with Crippen molar-refractivity contribution < 1.29 is 0 Å². The van der Waals surface area contributed by atoms with Crippen molar-refractivity contribution in [3.63, 3.8) is 0 Å². The van der Waals surface area contributed by atoms with Crippen molar-refractivity contribution in [1.29, 1.82) is 0 Å². The van der Waals surface area contributed by atoms with Crippen LogP contribution >= 0.6 is 0 Å². The second kappa shape index (κ2) is 3.89. The fourth-order valence-electron chi connectivity index (χ4n) is 3.36. The van der Waals surface area contributed by atoms with E-state index in [9.17, 15) is 0 Å². The van der Waals surface area contributed by atoms with Crippen molar-refractivity contribution in [1.82, 2.24) is 5.32 Å². The quantitative estimate of drug-likeness (QED) is 0.817. The molecular formula is C15H21N. The highest BCUT2D eigenvalue weighted by atomic mass is 14.9. The highest BCUT2D eigenvalue weighted by Crippen LogP contribution is 2.59. The summed E-state index contributed by atoms with van der Waals surface area (Å²) in [5.41, 5.74) is 3.25. The standard InChI is InChI=1S/C15H21N/c1-10(2)16-9-14-13-8-7-11-5-3-4-6-12(11)15(13)14/h3-6,10,13-16H,7-9H2,1-2H3. The molecule has 0 saturated heterocycles. The van der Waals surface area contributed by atoms with Crippen LogP contribution in [0.1, 0.15) is 37.3 Å². The molecular weight excluding hydrogens is 194 g/mol. The number of nitrogens with one attached hydrogen (secondary N) is 1. The van der Waals surface area contributed by atoms with Crippen LogP contribution in [0.25, 0.3) is 0 Å². The molecule has 0 spiro atoms. The van der Waals surface area contributed by atoms with E-state index in [0.29, 0.717) is 6.04 Å². The monoisotopic (exact) mass is 215 g/mol. The molecule has 1 heteroatoms. The summed E-state index contributed by atoms with van der Waals surface area (Å²) in [5, 5.41) is 3.59. The van der Waals surface area contributed by atoms with E-state index in [0.717, 1.165) is 17.8 Å². The summed E-state index contributed by atoms with van der Waals surface area (Å²) in [5.74, 6) is 2.75. The van der Waals surface area contributed by atoms with Gasteiger partial charge in [0, 0.05) is 6.04 Å². The van der Waals surface area contributed by atoms with Gasteiger partial charge >= 0.3 is 0 Å². The van der Waals surface area contributed by atoms with E-state index >= 15 is 0 Å². The number of rotatable bonds is 3. The Bertz CT molecular complexity index is 383. The average molecular weight is 215 g/mol. The highest BCUT2D eigenvalue weighted by molar-refractivity contribution is 5.39. The third-order valence-electron chi connectivity index (χ3n) is 4.25. The minimum atomic E-state index is 0.623. The fraction of sp³-hybridized carbons (Fsp3) is 0.600. The van der Waals surface area contributed by atoms with Crippen molar-refractivity contribution >= 4 is 0 Å². The number of hydrogen-bond donors (Lipinski definition) is 1. The molecule has 0 radical (unpaired) electrons. The summed E-state index contributed by atoms with van der Waals surface area (Å²) < 4.78 is 0. The van der Waals surface area contributed by atoms with Crippen molar-refractivity contribution in [2.75, 3.05) is 6.54 Å². The molecule has 1 N–H and O–H groups in total. The predicted molar refractivity (Wildman–Crippen MR) is 67.6 cm³/mol. The van der Waals surface area contributed by atoms with Crippen LogP contribution in [-0.4, -0.2) is 12.6 Å². The molecule has 2 aliphatic rings. The van der Waals surface area contributed by atoms with Crippen molar-refractivity contribution in [2.24, 2.45) is 11.8 Å². The maximum Gasteiger partial charge on any atom is 0.00104 e. The minimum Gasteiger partial charge on any atom is -0.314 e. The average Bonchev–Trinajstić information content (AvgIpc) is 3.00. The first-order valence-corrected chi connectivity index (χ1v) is 6.58. The first kappa shape index (κ1) is 10.3. The smallest absolute Gasteiger partial charge is 0.00104 e. The summed E-state index contributed by atoms with van der Waals surface area (Å²) in [7, 11) is 0. The Labute approximate surface area is 98.3 Å². The van der Waals surface area contributed by atoms with E-state index in [1.807, 2.05) is 0 Å².